The van der Waals surface area contributed by atoms with Crippen molar-refractivity contribution >= 4 is 5.82 Å². The minimum Gasteiger partial charge on any atom is -0.370 e. The third kappa shape index (κ3) is 2.19. The van der Waals surface area contributed by atoms with Gasteiger partial charge in [-0.15, -0.1) is 6.42 Å². The number of nitrogens with one attached hydrogen (secondary N) is 1. The Kier molecular flexibility index (Phi) is 2.13. The van der Waals surface area contributed by atoms with Gasteiger partial charge in [0.15, 0.2) is 0 Å². The van der Waals surface area contributed by atoms with E-state index in [1.54, 1.807) is 6.07 Å². The largest absolute Gasteiger partial charge is 0.370 e. The van der Waals surface area contributed by atoms with Gasteiger partial charge in [-0.25, -0.2) is 9.97 Å². The molecule has 3 heteroatoms. The highest BCUT2D eigenvalue weighted by Gasteiger charge is 2.20. The van der Waals surface area contributed by atoms with Crippen molar-refractivity contribution in [2.75, 3.05) is 11.9 Å². The summed E-state index contributed by atoms with van der Waals surface area (Å²) in [6.45, 7) is 1.00. The first-order valence-corrected chi connectivity index (χ1v) is 4.41. The van der Waals surface area contributed by atoms with Crippen LogP contribution in [0.1, 0.15) is 18.5 Å². The smallest absolute Gasteiger partial charge is 0.130 e. The van der Waals surface area contributed by atoms with Gasteiger partial charge < -0.3 is 5.32 Å². The van der Waals surface area contributed by atoms with Gasteiger partial charge in [-0.05, 0) is 18.8 Å². The monoisotopic (exact) mass is 173 g/mol. The molecule has 1 aromatic rings. The third-order valence-corrected chi connectivity index (χ3v) is 2.08. The zero-order chi connectivity index (χ0) is 9.10. The number of anilines is 1. The number of hydrogen-bond donors (Lipinski definition) is 1. The van der Waals surface area contributed by atoms with Crippen molar-refractivity contribution in [3.63, 3.8) is 0 Å². The molecule has 1 N–H and O–H groups in total. The van der Waals surface area contributed by atoms with E-state index in [0.29, 0.717) is 5.69 Å². The van der Waals surface area contributed by atoms with E-state index >= 15 is 0 Å². The van der Waals surface area contributed by atoms with Gasteiger partial charge >= 0.3 is 0 Å². The molecule has 66 valence electrons. The first-order chi connectivity index (χ1) is 6.38. The lowest BCUT2D eigenvalue weighted by atomic mass is 10.4. The molecule has 0 bridgehead atoms. The molecule has 1 aromatic heterocycles. The fourth-order valence-electron chi connectivity index (χ4n) is 1.10. The molecule has 0 aliphatic heterocycles. The highest BCUT2D eigenvalue weighted by Crippen LogP contribution is 2.28. The van der Waals surface area contributed by atoms with Crippen molar-refractivity contribution < 1.29 is 0 Å². The molecule has 0 atom stereocenters. The Labute approximate surface area is 77.6 Å². The van der Waals surface area contributed by atoms with Gasteiger partial charge in [0.25, 0.3) is 0 Å². The minimum absolute atomic E-state index is 0.633. The van der Waals surface area contributed by atoms with E-state index in [1.807, 2.05) is 0 Å². The molecule has 0 radical (unpaired) electrons. The van der Waals surface area contributed by atoms with Crippen LogP contribution in [0.25, 0.3) is 0 Å². The molecule has 1 heterocycles. The fraction of sp³-hybridized carbons (Fsp3) is 0.400. The van der Waals surface area contributed by atoms with Gasteiger partial charge in [-0.3, -0.25) is 0 Å². The Balaban J connectivity index is 1.98. The van der Waals surface area contributed by atoms with Crippen LogP contribution >= 0.6 is 0 Å². The topological polar surface area (TPSA) is 37.8 Å². The summed E-state index contributed by atoms with van der Waals surface area (Å²) in [5.41, 5.74) is 0.633. The van der Waals surface area contributed by atoms with Crippen molar-refractivity contribution in [2.45, 2.75) is 12.8 Å². The molecule has 13 heavy (non-hydrogen) atoms. The normalized spacial score (nSPS) is 15.0. The van der Waals surface area contributed by atoms with E-state index in [9.17, 15) is 0 Å². The minimum atomic E-state index is 0.633. The SMILES string of the molecule is C#Cc1cc(NCC2CC2)ncn1. The Hall–Kier alpha value is -1.56. The number of terminal acetylenes is 1. The number of nitrogens with zero attached hydrogens (tertiary/aromatic N) is 2. The fourth-order valence-corrected chi connectivity index (χ4v) is 1.10. The molecule has 0 aromatic carbocycles. The maximum Gasteiger partial charge on any atom is 0.130 e. The lowest BCUT2D eigenvalue weighted by molar-refractivity contribution is 0.880. The van der Waals surface area contributed by atoms with E-state index in [1.165, 1.54) is 19.2 Å². The summed E-state index contributed by atoms with van der Waals surface area (Å²) >= 11 is 0. The second kappa shape index (κ2) is 3.44. The van der Waals surface area contributed by atoms with Crippen molar-refractivity contribution in [3.05, 3.63) is 18.1 Å². The van der Waals surface area contributed by atoms with Crippen molar-refractivity contribution in [1.82, 2.24) is 9.97 Å². The van der Waals surface area contributed by atoms with Crippen molar-refractivity contribution in [2.24, 2.45) is 5.92 Å². The Morgan fingerprint density at radius 3 is 3.08 bits per heavy atom. The maximum atomic E-state index is 5.22. The lowest BCUT2D eigenvalue weighted by Crippen LogP contribution is -2.05. The summed E-state index contributed by atoms with van der Waals surface area (Å²) in [5, 5.41) is 3.23. The average molecular weight is 173 g/mol. The third-order valence-electron chi connectivity index (χ3n) is 2.08. The molecule has 0 unspecified atom stereocenters. The Morgan fingerprint density at radius 1 is 1.54 bits per heavy atom. The summed E-state index contributed by atoms with van der Waals surface area (Å²) in [6.07, 6.45) is 9.38. The van der Waals surface area contributed by atoms with E-state index in [-0.39, 0.29) is 0 Å². The Morgan fingerprint density at radius 2 is 2.38 bits per heavy atom. The molecule has 0 saturated heterocycles. The van der Waals surface area contributed by atoms with Gasteiger partial charge in [0, 0.05) is 12.6 Å². The van der Waals surface area contributed by atoms with Gasteiger partial charge in [0.1, 0.15) is 17.8 Å². The standard InChI is InChI=1S/C10H11N3/c1-2-9-5-10(13-7-12-9)11-6-8-3-4-8/h1,5,7-8H,3-4,6H2,(H,11,12,13). The van der Waals surface area contributed by atoms with Crippen molar-refractivity contribution in [3.8, 4) is 12.3 Å². The van der Waals surface area contributed by atoms with Crippen molar-refractivity contribution in [1.29, 1.82) is 0 Å². The summed E-state index contributed by atoms with van der Waals surface area (Å²) in [6, 6.07) is 1.79. The second-order valence-electron chi connectivity index (χ2n) is 3.26. The van der Waals surface area contributed by atoms with E-state index < -0.39 is 0 Å². The van der Waals surface area contributed by atoms with E-state index in [2.05, 4.69) is 21.2 Å². The van der Waals surface area contributed by atoms with Crippen LogP contribution in [0.5, 0.6) is 0 Å². The molecule has 2 rings (SSSR count). The van der Waals surface area contributed by atoms with Gasteiger partial charge in [0.2, 0.25) is 0 Å². The summed E-state index contributed by atoms with van der Waals surface area (Å²) in [5.74, 6) is 4.15. The van der Waals surface area contributed by atoms with Gasteiger partial charge in [0.05, 0.1) is 0 Å². The summed E-state index contributed by atoms with van der Waals surface area (Å²) < 4.78 is 0. The van der Waals surface area contributed by atoms with Crippen LogP contribution in [-0.2, 0) is 0 Å². The molecule has 1 aliphatic carbocycles. The van der Waals surface area contributed by atoms with Crippen LogP contribution < -0.4 is 5.32 Å². The van der Waals surface area contributed by atoms with Crippen LogP contribution in [0.4, 0.5) is 5.82 Å². The van der Waals surface area contributed by atoms with Crippen LogP contribution in [-0.4, -0.2) is 16.5 Å². The lowest BCUT2D eigenvalue weighted by Gasteiger charge is -2.02. The zero-order valence-corrected chi connectivity index (χ0v) is 7.33. The summed E-state index contributed by atoms with van der Waals surface area (Å²) in [4.78, 5) is 7.98. The Bertz CT molecular complexity index is 336. The van der Waals surface area contributed by atoms with Crippen LogP contribution in [0.15, 0.2) is 12.4 Å². The first-order valence-electron chi connectivity index (χ1n) is 4.41. The molecular weight excluding hydrogens is 162 g/mol. The first kappa shape index (κ1) is 8.06. The molecule has 1 saturated carbocycles. The van der Waals surface area contributed by atoms with Gasteiger partial charge in [-0.2, -0.15) is 0 Å². The highest BCUT2D eigenvalue weighted by molar-refractivity contribution is 5.39. The van der Waals surface area contributed by atoms with E-state index in [0.717, 1.165) is 18.3 Å². The van der Waals surface area contributed by atoms with Gasteiger partial charge in [-0.1, -0.05) is 5.92 Å². The maximum absolute atomic E-state index is 5.22. The predicted molar refractivity (Wildman–Crippen MR) is 51.2 cm³/mol. The molecule has 1 fully saturated rings. The number of rotatable bonds is 3. The average Bonchev–Trinajstić information content (AvgIpc) is 2.99. The molecular formula is C10H11N3. The zero-order valence-electron chi connectivity index (χ0n) is 7.33. The van der Waals surface area contributed by atoms with Crippen LogP contribution in [0.2, 0.25) is 0 Å². The summed E-state index contributed by atoms with van der Waals surface area (Å²) in [7, 11) is 0. The van der Waals surface area contributed by atoms with Crippen LogP contribution in [0.3, 0.4) is 0 Å². The molecule has 3 nitrogen and oxygen atoms in total. The molecule has 0 spiro atoms. The highest BCUT2D eigenvalue weighted by atomic mass is 15.0. The molecule has 0 amide bonds. The number of aromatic nitrogens is 2. The van der Waals surface area contributed by atoms with Crippen LogP contribution in [0, 0.1) is 18.3 Å². The quantitative estimate of drug-likeness (QED) is 0.700. The molecule has 1 aliphatic rings. The predicted octanol–water partition coefficient (Wildman–Crippen LogP) is 1.28. The second-order valence-corrected chi connectivity index (χ2v) is 3.26. The number of hydrogen-bond acceptors (Lipinski definition) is 3. The van der Waals surface area contributed by atoms with E-state index in [4.69, 9.17) is 6.42 Å².